The number of nitrogens with zero attached hydrogens (tertiary/aromatic N) is 1. The lowest BCUT2D eigenvalue weighted by Gasteiger charge is -2.12. The third-order valence-corrected chi connectivity index (χ3v) is 5.00. The van der Waals surface area contributed by atoms with Crippen molar-refractivity contribution in [3.63, 3.8) is 0 Å². The quantitative estimate of drug-likeness (QED) is 0.499. The molecule has 1 aliphatic heterocycles. The smallest absolute Gasteiger partial charge is 0.276 e. The average Bonchev–Trinajstić information content (AvgIpc) is 3.19. The van der Waals surface area contributed by atoms with Gasteiger partial charge in [0.1, 0.15) is 29.6 Å². The van der Waals surface area contributed by atoms with E-state index >= 15 is 0 Å². The third-order valence-electron chi connectivity index (χ3n) is 3.94. The van der Waals surface area contributed by atoms with Crippen LogP contribution in [-0.4, -0.2) is 22.5 Å². The molecule has 27 heavy (non-hydrogen) atoms. The van der Waals surface area contributed by atoms with Crippen molar-refractivity contribution in [3.8, 4) is 5.75 Å². The average molecular weight is 425 g/mol. The molecule has 1 aromatic carbocycles. The van der Waals surface area contributed by atoms with Crippen LogP contribution < -0.4 is 10.1 Å². The number of rotatable bonds is 7. The molecule has 2 heterocycles. The summed E-state index contributed by atoms with van der Waals surface area (Å²) in [6.07, 6.45) is 3.53. The van der Waals surface area contributed by atoms with Gasteiger partial charge in [-0.25, -0.2) is 0 Å². The van der Waals surface area contributed by atoms with Gasteiger partial charge in [-0.1, -0.05) is 36.5 Å². The first-order valence-electron chi connectivity index (χ1n) is 8.49. The molecule has 0 unspecified atom stereocenters. The summed E-state index contributed by atoms with van der Waals surface area (Å²) in [6, 6.07) is 8.60. The number of nitrogens with one attached hydrogen (secondary N) is 1. The number of hydrogen-bond acceptors (Lipinski definition) is 4. The van der Waals surface area contributed by atoms with Crippen LogP contribution in [0.15, 0.2) is 40.4 Å². The summed E-state index contributed by atoms with van der Waals surface area (Å²) >= 11 is 17.1. The van der Waals surface area contributed by atoms with E-state index in [1.807, 2.05) is 0 Å². The topological polar surface area (TPSA) is 54.7 Å². The Bertz CT molecular complexity index is 895. The van der Waals surface area contributed by atoms with Gasteiger partial charge in [0.2, 0.25) is 0 Å². The summed E-state index contributed by atoms with van der Waals surface area (Å²) in [6.45, 7) is 2.90. The van der Waals surface area contributed by atoms with Crippen molar-refractivity contribution in [1.29, 1.82) is 0 Å². The Morgan fingerprint density at radius 1 is 1.26 bits per heavy atom. The van der Waals surface area contributed by atoms with Gasteiger partial charge in [-0.15, -0.1) is 0 Å². The van der Waals surface area contributed by atoms with Gasteiger partial charge >= 0.3 is 0 Å². The van der Waals surface area contributed by atoms with E-state index in [1.165, 1.54) is 0 Å². The van der Waals surface area contributed by atoms with Crippen molar-refractivity contribution < 1.29 is 13.9 Å². The SMILES string of the molecule is CCCCN1C(=O)/C(=C\c2ccc(COc3ccc(Cl)c(Cl)c3)o2)NC1=S. The van der Waals surface area contributed by atoms with Crippen molar-refractivity contribution in [2.24, 2.45) is 0 Å². The van der Waals surface area contributed by atoms with Crippen LogP contribution >= 0.6 is 35.4 Å². The van der Waals surface area contributed by atoms with Crippen molar-refractivity contribution in [2.75, 3.05) is 6.54 Å². The molecule has 1 aliphatic rings. The Labute approximate surface area is 172 Å². The van der Waals surface area contributed by atoms with E-state index in [4.69, 9.17) is 44.6 Å². The molecule has 0 spiro atoms. The van der Waals surface area contributed by atoms with E-state index in [9.17, 15) is 4.79 Å². The lowest BCUT2D eigenvalue weighted by atomic mass is 10.3. The van der Waals surface area contributed by atoms with Crippen LogP contribution in [0.1, 0.15) is 31.3 Å². The normalized spacial score (nSPS) is 15.5. The lowest BCUT2D eigenvalue weighted by molar-refractivity contribution is -0.122. The van der Waals surface area contributed by atoms with E-state index in [0.29, 0.717) is 44.7 Å². The first-order chi connectivity index (χ1) is 13.0. The highest BCUT2D eigenvalue weighted by Crippen LogP contribution is 2.27. The highest BCUT2D eigenvalue weighted by Gasteiger charge is 2.30. The second-order valence-corrected chi connectivity index (χ2v) is 7.17. The number of carbonyl (C=O) groups excluding carboxylic acids is 1. The first kappa shape index (κ1) is 19.7. The van der Waals surface area contributed by atoms with E-state index in [0.717, 1.165) is 12.8 Å². The standard InChI is InChI=1S/C19H18Cl2N2O3S/c1-2-3-8-23-18(24)17(22-19(23)27)10-13-4-5-14(26-13)11-25-12-6-7-15(20)16(21)9-12/h4-7,9-10H,2-3,8,11H2,1H3,(H,22,27)/b17-10+. The van der Waals surface area contributed by atoms with Gasteiger partial charge in [-0.2, -0.15) is 0 Å². The molecule has 5 nitrogen and oxygen atoms in total. The largest absolute Gasteiger partial charge is 0.486 e. The highest BCUT2D eigenvalue weighted by molar-refractivity contribution is 7.80. The Hall–Kier alpha value is -2.02. The number of unbranched alkanes of at least 4 members (excludes halogenated alkanes) is 1. The van der Waals surface area contributed by atoms with E-state index in [2.05, 4.69) is 12.2 Å². The Morgan fingerprint density at radius 3 is 2.81 bits per heavy atom. The van der Waals surface area contributed by atoms with Crippen LogP contribution in [0.4, 0.5) is 0 Å². The number of benzene rings is 1. The molecule has 0 aliphatic carbocycles. The molecule has 1 amide bonds. The molecule has 8 heteroatoms. The number of halogens is 2. The maximum atomic E-state index is 12.4. The molecular formula is C19H18Cl2N2O3S. The summed E-state index contributed by atoms with van der Waals surface area (Å²) in [5.41, 5.74) is 0.405. The summed E-state index contributed by atoms with van der Waals surface area (Å²) < 4.78 is 11.3. The second kappa shape index (κ2) is 8.78. The van der Waals surface area contributed by atoms with Crippen molar-refractivity contribution in [1.82, 2.24) is 10.2 Å². The molecule has 2 aromatic rings. The number of amides is 1. The van der Waals surface area contributed by atoms with Crippen LogP contribution in [0.2, 0.25) is 10.0 Å². The van der Waals surface area contributed by atoms with E-state index < -0.39 is 0 Å². The molecule has 1 N–H and O–H groups in total. The Kier molecular flexibility index (Phi) is 6.42. The monoisotopic (exact) mass is 424 g/mol. The first-order valence-corrected chi connectivity index (χ1v) is 9.65. The summed E-state index contributed by atoms with van der Waals surface area (Å²) in [7, 11) is 0. The van der Waals surface area contributed by atoms with Gasteiger partial charge in [-0.05, 0) is 42.9 Å². The minimum Gasteiger partial charge on any atom is -0.486 e. The van der Waals surface area contributed by atoms with E-state index in [-0.39, 0.29) is 12.5 Å². The van der Waals surface area contributed by atoms with Crippen molar-refractivity contribution >= 4 is 52.5 Å². The molecule has 0 saturated carbocycles. The molecule has 3 rings (SSSR count). The predicted octanol–water partition coefficient (Wildman–Crippen LogP) is 5.02. The molecule has 142 valence electrons. The number of furan rings is 1. The van der Waals surface area contributed by atoms with Crippen molar-refractivity contribution in [3.05, 3.63) is 57.6 Å². The fourth-order valence-electron chi connectivity index (χ4n) is 2.50. The minimum absolute atomic E-state index is 0.140. The van der Waals surface area contributed by atoms with Gasteiger partial charge < -0.3 is 14.5 Å². The van der Waals surface area contributed by atoms with Crippen molar-refractivity contribution in [2.45, 2.75) is 26.4 Å². The number of thiocarbonyl (C=S) groups is 1. The second-order valence-electron chi connectivity index (χ2n) is 5.97. The van der Waals surface area contributed by atoms with Gasteiger partial charge in [0.15, 0.2) is 5.11 Å². The molecule has 1 aromatic heterocycles. The zero-order valence-electron chi connectivity index (χ0n) is 14.6. The number of carbonyl (C=O) groups is 1. The van der Waals surface area contributed by atoms with Gasteiger partial charge in [0.25, 0.3) is 5.91 Å². The van der Waals surface area contributed by atoms with Crippen LogP contribution in [0.25, 0.3) is 6.08 Å². The highest BCUT2D eigenvalue weighted by atomic mass is 35.5. The fourth-order valence-corrected chi connectivity index (χ4v) is 3.08. The Morgan fingerprint density at radius 2 is 2.07 bits per heavy atom. The molecule has 0 bridgehead atoms. The van der Waals surface area contributed by atoms with Gasteiger partial charge in [-0.3, -0.25) is 9.69 Å². The van der Waals surface area contributed by atoms with Crippen LogP contribution in [0.3, 0.4) is 0 Å². The third kappa shape index (κ3) is 4.83. The Balaban J connectivity index is 1.63. The van der Waals surface area contributed by atoms with Crippen LogP contribution in [0, 0.1) is 0 Å². The minimum atomic E-state index is -0.140. The molecule has 0 atom stereocenters. The van der Waals surface area contributed by atoms with Gasteiger partial charge in [0.05, 0.1) is 10.0 Å². The molecule has 0 radical (unpaired) electrons. The zero-order valence-corrected chi connectivity index (χ0v) is 17.0. The summed E-state index contributed by atoms with van der Waals surface area (Å²) in [5.74, 6) is 1.60. The number of ether oxygens (including phenoxy) is 1. The molecular weight excluding hydrogens is 407 g/mol. The molecule has 1 saturated heterocycles. The predicted molar refractivity (Wildman–Crippen MR) is 110 cm³/mol. The zero-order chi connectivity index (χ0) is 19.4. The summed E-state index contributed by atoms with van der Waals surface area (Å²) in [5, 5.41) is 4.26. The maximum Gasteiger partial charge on any atom is 0.276 e. The fraction of sp³-hybridized carbons (Fsp3) is 0.263. The summed E-state index contributed by atoms with van der Waals surface area (Å²) in [4.78, 5) is 14.0. The van der Waals surface area contributed by atoms with Gasteiger partial charge in [0, 0.05) is 18.7 Å². The van der Waals surface area contributed by atoms with Crippen LogP contribution in [0.5, 0.6) is 5.75 Å². The lowest BCUT2D eigenvalue weighted by Crippen LogP contribution is -2.31. The molecule has 1 fully saturated rings. The number of hydrogen-bond donors (Lipinski definition) is 1. The maximum absolute atomic E-state index is 12.4. The van der Waals surface area contributed by atoms with E-state index in [1.54, 1.807) is 41.3 Å². The van der Waals surface area contributed by atoms with Crippen LogP contribution in [-0.2, 0) is 11.4 Å².